The normalized spacial score (nSPS) is 14.0. The van der Waals surface area contributed by atoms with Gasteiger partial charge in [0.25, 0.3) is 5.91 Å². The summed E-state index contributed by atoms with van der Waals surface area (Å²) in [4.78, 5) is 13.8. The standard InChI is InChI=1S/C11H17N3O3/c1-2-13(5-6-15)10(16)9-8-12-14-4-3-7-17-11(9)14/h8,15H,2-7H2,1H3. The van der Waals surface area contributed by atoms with Gasteiger partial charge in [0.2, 0.25) is 5.88 Å². The number of nitrogens with zero attached hydrogens (tertiary/aromatic N) is 3. The van der Waals surface area contributed by atoms with E-state index in [1.807, 2.05) is 6.92 Å². The molecule has 1 aliphatic rings. The van der Waals surface area contributed by atoms with Crippen molar-refractivity contribution in [2.45, 2.75) is 19.9 Å². The van der Waals surface area contributed by atoms with Crippen molar-refractivity contribution in [2.75, 3.05) is 26.3 Å². The lowest BCUT2D eigenvalue weighted by Gasteiger charge is -2.21. The molecule has 1 amide bonds. The minimum Gasteiger partial charge on any atom is -0.477 e. The second-order valence-electron chi connectivity index (χ2n) is 3.90. The molecule has 1 aromatic heterocycles. The highest BCUT2D eigenvalue weighted by molar-refractivity contribution is 5.96. The summed E-state index contributed by atoms with van der Waals surface area (Å²) in [6.07, 6.45) is 2.46. The minimum absolute atomic E-state index is 0.0378. The number of carbonyl (C=O) groups is 1. The Kier molecular flexibility index (Phi) is 3.63. The lowest BCUT2D eigenvalue weighted by molar-refractivity contribution is 0.0725. The summed E-state index contributed by atoms with van der Waals surface area (Å²) in [7, 11) is 0. The number of rotatable bonds is 4. The van der Waals surface area contributed by atoms with Gasteiger partial charge in [-0.3, -0.25) is 4.79 Å². The van der Waals surface area contributed by atoms with E-state index in [9.17, 15) is 4.79 Å². The number of aliphatic hydroxyl groups is 1. The Hall–Kier alpha value is -1.56. The van der Waals surface area contributed by atoms with Gasteiger partial charge in [-0.15, -0.1) is 0 Å². The number of carbonyl (C=O) groups excluding carboxylic acids is 1. The Bertz CT molecular complexity index is 403. The van der Waals surface area contributed by atoms with Gasteiger partial charge in [0.1, 0.15) is 5.56 Å². The molecule has 1 N–H and O–H groups in total. The average molecular weight is 239 g/mol. The van der Waals surface area contributed by atoms with E-state index in [-0.39, 0.29) is 12.5 Å². The zero-order valence-corrected chi connectivity index (χ0v) is 9.93. The fraction of sp³-hybridized carbons (Fsp3) is 0.636. The molecular weight excluding hydrogens is 222 g/mol. The van der Waals surface area contributed by atoms with E-state index >= 15 is 0 Å². The first-order valence-electron chi connectivity index (χ1n) is 5.86. The Morgan fingerprint density at radius 2 is 2.53 bits per heavy atom. The fourth-order valence-corrected chi connectivity index (χ4v) is 1.91. The average Bonchev–Trinajstić information content (AvgIpc) is 2.79. The SMILES string of the molecule is CCN(CCO)C(=O)c1cnn2c1OCCC2. The predicted octanol–water partition coefficient (Wildman–Crippen LogP) is 0.120. The summed E-state index contributed by atoms with van der Waals surface area (Å²) < 4.78 is 7.19. The summed E-state index contributed by atoms with van der Waals surface area (Å²) in [5, 5.41) is 13.0. The van der Waals surface area contributed by atoms with Crippen LogP contribution < -0.4 is 4.74 Å². The molecule has 0 unspecified atom stereocenters. The van der Waals surface area contributed by atoms with E-state index in [0.29, 0.717) is 31.1 Å². The Labute approximate surface area is 99.8 Å². The molecular formula is C11H17N3O3. The number of fused-ring (bicyclic) bond motifs is 1. The van der Waals surface area contributed by atoms with Gasteiger partial charge >= 0.3 is 0 Å². The molecule has 6 heteroatoms. The molecule has 0 aliphatic carbocycles. The minimum atomic E-state index is -0.135. The van der Waals surface area contributed by atoms with Gasteiger partial charge < -0.3 is 14.7 Å². The van der Waals surface area contributed by atoms with Crippen molar-refractivity contribution in [2.24, 2.45) is 0 Å². The van der Waals surface area contributed by atoms with Crippen molar-refractivity contribution in [1.29, 1.82) is 0 Å². The molecule has 17 heavy (non-hydrogen) atoms. The van der Waals surface area contributed by atoms with Crippen LogP contribution in [0.2, 0.25) is 0 Å². The van der Waals surface area contributed by atoms with Crippen LogP contribution in [0.1, 0.15) is 23.7 Å². The maximum absolute atomic E-state index is 12.2. The van der Waals surface area contributed by atoms with Gasteiger partial charge in [0.05, 0.1) is 19.4 Å². The Morgan fingerprint density at radius 1 is 1.71 bits per heavy atom. The lowest BCUT2D eigenvalue weighted by atomic mass is 10.2. The highest BCUT2D eigenvalue weighted by Gasteiger charge is 2.24. The van der Waals surface area contributed by atoms with E-state index in [1.54, 1.807) is 15.8 Å². The van der Waals surface area contributed by atoms with Crippen molar-refractivity contribution in [3.8, 4) is 5.88 Å². The second-order valence-corrected chi connectivity index (χ2v) is 3.90. The number of aliphatic hydroxyl groups excluding tert-OH is 1. The van der Waals surface area contributed by atoms with Crippen LogP contribution >= 0.6 is 0 Å². The van der Waals surface area contributed by atoms with E-state index in [2.05, 4.69) is 5.10 Å². The van der Waals surface area contributed by atoms with E-state index < -0.39 is 0 Å². The smallest absolute Gasteiger partial charge is 0.261 e. The molecule has 0 bridgehead atoms. The molecule has 0 fully saturated rings. The predicted molar refractivity (Wildman–Crippen MR) is 61.0 cm³/mol. The summed E-state index contributed by atoms with van der Waals surface area (Å²) in [5.41, 5.74) is 0.486. The van der Waals surface area contributed by atoms with Crippen LogP contribution in [0.25, 0.3) is 0 Å². The van der Waals surface area contributed by atoms with Crippen LogP contribution in [-0.2, 0) is 6.54 Å². The zero-order chi connectivity index (χ0) is 12.3. The number of aryl methyl sites for hydroxylation is 1. The van der Waals surface area contributed by atoms with Crippen molar-refractivity contribution in [3.05, 3.63) is 11.8 Å². The van der Waals surface area contributed by atoms with Crippen LogP contribution in [0.15, 0.2) is 6.20 Å². The van der Waals surface area contributed by atoms with Gasteiger partial charge in [0, 0.05) is 26.1 Å². The number of hydrogen-bond donors (Lipinski definition) is 1. The zero-order valence-electron chi connectivity index (χ0n) is 9.93. The third-order valence-corrected chi connectivity index (χ3v) is 2.81. The molecule has 6 nitrogen and oxygen atoms in total. The summed E-state index contributed by atoms with van der Waals surface area (Å²) in [5.74, 6) is 0.419. The molecule has 1 aliphatic heterocycles. The molecule has 0 atom stereocenters. The molecule has 2 rings (SSSR count). The van der Waals surface area contributed by atoms with Gasteiger partial charge in [0.15, 0.2) is 0 Å². The highest BCUT2D eigenvalue weighted by Crippen LogP contribution is 2.23. The van der Waals surface area contributed by atoms with E-state index in [1.165, 1.54) is 0 Å². The Balaban J connectivity index is 2.21. The van der Waals surface area contributed by atoms with Crippen LogP contribution in [0.4, 0.5) is 0 Å². The first kappa shape index (κ1) is 11.9. The third-order valence-electron chi connectivity index (χ3n) is 2.81. The molecule has 94 valence electrons. The number of ether oxygens (including phenoxy) is 1. The summed E-state index contributed by atoms with van der Waals surface area (Å²) in [6.45, 7) is 4.14. The molecule has 0 aromatic carbocycles. The van der Waals surface area contributed by atoms with Gasteiger partial charge in [-0.05, 0) is 6.92 Å². The van der Waals surface area contributed by atoms with Gasteiger partial charge in [-0.2, -0.15) is 5.10 Å². The number of likely N-dealkylation sites (N-methyl/N-ethyl adjacent to an activating group) is 1. The van der Waals surface area contributed by atoms with Crippen molar-refractivity contribution in [3.63, 3.8) is 0 Å². The number of aromatic nitrogens is 2. The molecule has 2 heterocycles. The fourth-order valence-electron chi connectivity index (χ4n) is 1.91. The van der Waals surface area contributed by atoms with Crippen LogP contribution in [-0.4, -0.2) is 52.0 Å². The quantitative estimate of drug-likeness (QED) is 0.810. The van der Waals surface area contributed by atoms with Crippen molar-refractivity contribution in [1.82, 2.24) is 14.7 Å². The molecule has 0 saturated carbocycles. The number of hydrogen-bond acceptors (Lipinski definition) is 4. The maximum atomic E-state index is 12.2. The van der Waals surface area contributed by atoms with Crippen LogP contribution in [0.3, 0.4) is 0 Å². The summed E-state index contributed by atoms with van der Waals surface area (Å²) >= 11 is 0. The Morgan fingerprint density at radius 3 is 3.24 bits per heavy atom. The molecule has 0 radical (unpaired) electrons. The highest BCUT2D eigenvalue weighted by atomic mass is 16.5. The van der Waals surface area contributed by atoms with Crippen LogP contribution in [0, 0.1) is 0 Å². The van der Waals surface area contributed by atoms with Crippen molar-refractivity contribution >= 4 is 5.91 Å². The largest absolute Gasteiger partial charge is 0.477 e. The van der Waals surface area contributed by atoms with Gasteiger partial charge in [-0.1, -0.05) is 0 Å². The van der Waals surface area contributed by atoms with E-state index in [0.717, 1.165) is 13.0 Å². The first-order chi connectivity index (χ1) is 8.27. The monoisotopic (exact) mass is 239 g/mol. The molecule has 0 saturated heterocycles. The lowest BCUT2D eigenvalue weighted by Crippen LogP contribution is -2.33. The number of amides is 1. The topological polar surface area (TPSA) is 67.6 Å². The van der Waals surface area contributed by atoms with Crippen LogP contribution in [0.5, 0.6) is 5.88 Å². The second kappa shape index (κ2) is 5.18. The molecule has 0 spiro atoms. The molecule has 1 aromatic rings. The summed E-state index contributed by atoms with van der Waals surface area (Å²) in [6, 6.07) is 0. The maximum Gasteiger partial charge on any atom is 0.261 e. The van der Waals surface area contributed by atoms with E-state index in [4.69, 9.17) is 9.84 Å². The van der Waals surface area contributed by atoms with Crippen molar-refractivity contribution < 1.29 is 14.6 Å². The van der Waals surface area contributed by atoms with Gasteiger partial charge in [-0.25, -0.2) is 4.68 Å². The third kappa shape index (κ3) is 2.26. The first-order valence-corrected chi connectivity index (χ1v) is 5.86.